The summed E-state index contributed by atoms with van der Waals surface area (Å²) in [6, 6.07) is 63.1. The molecular weight excluding hydrogens is 721 g/mol. The molecule has 7 aromatic carbocycles. The Morgan fingerprint density at radius 3 is 1.40 bits per heavy atom. The van der Waals surface area contributed by atoms with E-state index in [2.05, 4.69) is 185 Å². The molecule has 0 amide bonds. The Labute approximate surface area is 339 Å². The quantitative estimate of drug-likeness (QED) is 0.158. The summed E-state index contributed by atoms with van der Waals surface area (Å²) in [5.41, 5.74) is 18.0. The van der Waals surface area contributed by atoms with E-state index in [4.69, 9.17) is 9.97 Å². The molecule has 57 heavy (non-hydrogen) atoms. The Hall–Kier alpha value is -5.95. The molecule has 0 fully saturated rings. The van der Waals surface area contributed by atoms with Gasteiger partial charge in [0.25, 0.3) is 0 Å². The summed E-state index contributed by atoms with van der Waals surface area (Å²) < 4.78 is 0. The zero-order valence-corrected chi connectivity index (χ0v) is 35.6. The van der Waals surface area contributed by atoms with Crippen LogP contribution < -0.4 is 10.4 Å². The van der Waals surface area contributed by atoms with Crippen molar-refractivity contribution >= 4 is 26.5 Å². The van der Waals surface area contributed by atoms with Crippen molar-refractivity contribution in [2.24, 2.45) is 0 Å². The lowest BCUT2D eigenvalue weighted by Crippen LogP contribution is -2.40. The van der Waals surface area contributed by atoms with Crippen molar-refractivity contribution in [2.45, 2.75) is 44.7 Å². The van der Waals surface area contributed by atoms with E-state index in [9.17, 15) is 0 Å². The molecule has 276 valence electrons. The van der Waals surface area contributed by atoms with Crippen molar-refractivity contribution < 1.29 is 0 Å². The molecule has 10 rings (SSSR count). The van der Waals surface area contributed by atoms with Gasteiger partial charge in [0, 0.05) is 16.7 Å². The first-order valence-corrected chi connectivity index (χ1v) is 27.2. The Bertz CT molecular complexity index is 2740. The van der Waals surface area contributed by atoms with E-state index in [1.165, 1.54) is 66.0 Å². The maximum atomic E-state index is 5.18. The van der Waals surface area contributed by atoms with Crippen LogP contribution in [0.25, 0.3) is 67.3 Å². The molecule has 1 spiro atoms. The van der Waals surface area contributed by atoms with E-state index < -0.39 is 21.6 Å². The molecule has 1 aromatic heterocycles. The largest absolute Gasteiger partial charge is 0.228 e. The second kappa shape index (κ2) is 13.1. The molecule has 4 heteroatoms. The van der Waals surface area contributed by atoms with E-state index in [1.807, 2.05) is 24.3 Å². The minimum absolute atomic E-state index is 0.405. The van der Waals surface area contributed by atoms with Gasteiger partial charge >= 0.3 is 0 Å². The van der Waals surface area contributed by atoms with Gasteiger partial charge < -0.3 is 0 Å². The SMILES string of the molecule is C[Si](C)(C)c1ccc2c(c1)C1(c3ccccc3-c3ccc(-c4cccc(-c5cc(-c6ccccc6)nc(-c6ccccc6)n5)c4)cc31)c1cc([Si](C)(C)C)ccc1-2. The second-order valence-corrected chi connectivity index (χ2v) is 28.0. The van der Waals surface area contributed by atoms with Crippen LogP contribution in [0, 0.1) is 0 Å². The molecular formula is C53H46N2Si2. The Kier molecular flexibility index (Phi) is 8.12. The van der Waals surface area contributed by atoms with Crippen LogP contribution in [0.2, 0.25) is 39.3 Å². The highest BCUT2D eigenvalue weighted by Crippen LogP contribution is 2.63. The van der Waals surface area contributed by atoms with Gasteiger partial charge in [-0.05, 0) is 73.8 Å². The third-order valence-corrected chi connectivity index (χ3v) is 16.3. The fourth-order valence-electron chi connectivity index (χ4n) is 9.22. The maximum Gasteiger partial charge on any atom is 0.160 e. The Morgan fingerprint density at radius 2 is 0.789 bits per heavy atom. The molecule has 2 aliphatic carbocycles. The number of hydrogen-bond donors (Lipinski definition) is 0. The van der Waals surface area contributed by atoms with Crippen molar-refractivity contribution in [1.29, 1.82) is 0 Å². The zero-order chi connectivity index (χ0) is 39.1. The van der Waals surface area contributed by atoms with Gasteiger partial charge in [-0.1, -0.05) is 201 Å². The second-order valence-electron chi connectivity index (χ2n) is 17.9. The zero-order valence-electron chi connectivity index (χ0n) is 33.6. The van der Waals surface area contributed by atoms with E-state index >= 15 is 0 Å². The molecule has 0 bridgehead atoms. The van der Waals surface area contributed by atoms with Crippen molar-refractivity contribution in [3.63, 3.8) is 0 Å². The Balaban J connectivity index is 1.19. The van der Waals surface area contributed by atoms with Gasteiger partial charge in [0.2, 0.25) is 0 Å². The van der Waals surface area contributed by atoms with Gasteiger partial charge in [0.1, 0.15) is 0 Å². The topological polar surface area (TPSA) is 25.8 Å². The van der Waals surface area contributed by atoms with E-state index in [0.717, 1.165) is 33.9 Å². The maximum absolute atomic E-state index is 5.18. The molecule has 1 heterocycles. The van der Waals surface area contributed by atoms with Crippen molar-refractivity contribution in [1.82, 2.24) is 9.97 Å². The fourth-order valence-corrected chi connectivity index (χ4v) is 11.5. The summed E-state index contributed by atoms with van der Waals surface area (Å²) in [7, 11) is -3.26. The van der Waals surface area contributed by atoms with Crippen LogP contribution in [0.3, 0.4) is 0 Å². The molecule has 0 saturated carbocycles. The van der Waals surface area contributed by atoms with E-state index in [1.54, 1.807) is 0 Å². The van der Waals surface area contributed by atoms with Gasteiger partial charge in [-0.15, -0.1) is 0 Å². The molecule has 0 unspecified atom stereocenters. The monoisotopic (exact) mass is 766 g/mol. The number of benzene rings is 7. The van der Waals surface area contributed by atoms with Gasteiger partial charge in [-0.25, -0.2) is 9.97 Å². The van der Waals surface area contributed by atoms with Gasteiger partial charge in [0.05, 0.1) is 33.0 Å². The summed E-state index contributed by atoms with van der Waals surface area (Å²) in [6.07, 6.45) is 0. The molecule has 8 aromatic rings. The molecule has 0 N–H and O–H groups in total. The number of nitrogens with zero attached hydrogens (tertiary/aromatic N) is 2. The minimum Gasteiger partial charge on any atom is -0.228 e. The standard InChI is InChI=1S/C53H46N2Si2/c1-56(2,3)40-25-28-44-45-29-26-41(57(4,5)6)33-49(45)53(48(44)32-40)46-23-14-13-22-42(46)43-27-24-38(31-47(43)53)37-20-15-21-39(30-37)51-34-50(35-16-9-7-10-17-35)54-52(55-51)36-18-11-8-12-19-36/h7-34H,1-6H3. The number of aromatic nitrogens is 2. The molecule has 0 aliphatic heterocycles. The molecule has 0 radical (unpaired) electrons. The fraction of sp³-hybridized carbons (Fsp3) is 0.132. The van der Waals surface area contributed by atoms with Crippen LogP contribution in [0.15, 0.2) is 170 Å². The molecule has 0 saturated heterocycles. The number of rotatable bonds is 6. The van der Waals surface area contributed by atoms with E-state index in [-0.39, 0.29) is 0 Å². The minimum atomic E-state index is -1.63. The lowest BCUT2D eigenvalue weighted by Gasteiger charge is -2.32. The van der Waals surface area contributed by atoms with Crippen molar-refractivity contribution in [3.05, 3.63) is 192 Å². The molecule has 2 aliphatic rings. The van der Waals surface area contributed by atoms with Gasteiger partial charge in [0.15, 0.2) is 5.82 Å². The van der Waals surface area contributed by atoms with Gasteiger partial charge in [-0.3, -0.25) is 0 Å². The average Bonchev–Trinajstić information content (AvgIpc) is 3.70. The predicted molar refractivity (Wildman–Crippen MR) is 246 cm³/mol. The van der Waals surface area contributed by atoms with Crippen LogP contribution in [0.1, 0.15) is 22.3 Å². The van der Waals surface area contributed by atoms with Crippen LogP contribution in [-0.4, -0.2) is 26.1 Å². The van der Waals surface area contributed by atoms with Crippen LogP contribution in [-0.2, 0) is 5.41 Å². The first-order valence-electron chi connectivity index (χ1n) is 20.2. The number of fused-ring (bicyclic) bond motifs is 10. The summed E-state index contributed by atoms with van der Waals surface area (Å²) >= 11 is 0. The highest BCUT2D eigenvalue weighted by molar-refractivity contribution is 6.89. The molecule has 2 nitrogen and oxygen atoms in total. The smallest absolute Gasteiger partial charge is 0.160 e. The first kappa shape index (κ1) is 35.5. The first-order chi connectivity index (χ1) is 27.5. The summed E-state index contributed by atoms with van der Waals surface area (Å²) in [6.45, 7) is 14.8. The highest BCUT2D eigenvalue weighted by Gasteiger charge is 2.52. The lowest BCUT2D eigenvalue weighted by molar-refractivity contribution is 0.795. The predicted octanol–water partition coefficient (Wildman–Crippen LogP) is 12.6. The average molecular weight is 767 g/mol. The van der Waals surface area contributed by atoms with Crippen LogP contribution in [0.5, 0.6) is 0 Å². The highest BCUT2D eigenvalue weighted by atomic mass is 28.3. The van der Waals surface area contributed by atoms with Crippen LogP contribution in [0.4, 0.5) is 0 Å². The van der Waals surface area contributed by atoms with Crippen molar-refractivity contribution in [2.75, 3.05) is 0 Å². The van der Waals surface area contributed by atoms with Crippen molar-refractivity contribution in [3.8, 4) is 67.3 Å². The Morgan fingerprint density at radius 1 is 0.333 bits per heavy atom. The normalized spacial score (nSPS) is 13.6. The van der Waals surface area contributed by atoms with E-state index in [0.29, 0.717) is 0 Å². The third-order valence-electron chi connectivity index (χ3n) is 12.2. The number of hydrogen-bond acceptors (Lipinski definition) is 2. The molecule has 0 atom stereocenters. The summed E-state index contributed by atoms with van der Waals surface area (Å²) in [4.78, 5) is 10.2. The summed E-state index contributed by atoms with van der Waals surface area (Å²) in [5, 5.41) is 3.01. The van der Waals surface area contributed by atoms with Crippen LogP contribution >= 0.6 is 0 Å². The lowest BCUT2D eigenvalue weighted by atomic mass is 9.70. The third kappa shape index (κ3) is 5.73. The van der Waals surface area contributed by atoms with Gasteiger partial charge in [-0.2, -0.15) is 0 Å². The summed E-state index contributed by atoms with van der Waals surface area (Å²) in [5.74, 6) is 0.725.